The monoisotopic (exact) mass is 808 g/mol. The number of carbonyl (C=O) groups excluding carboxylic acids is 3. The van der Waals surface area contributed by atoms with Crippen molar-refractivity contribution in [1.82, 2.24) is 0 Å². The molecule has 2 atom stereocenters. The maximum Gasteiger partial charge on any atom is 0.306 e. The predicted molar refractivity (Wildman–Crippen MR) is 240 cm³/mol. The molecule has 0 aliphatic rings. The summed E-state index contributed by atoms with van der Waals surface area (Å²) in [5.74, 6) is -1.89. The van der Waals surface area contributed by atoms with Gasteiger partial charge in [-0.05, 0) is 83.5 Å². The molecule has 0 aromatic rings. The number of hydrogen-bond donors (Lipinski definition) is 0. The zero-order valence-electron chi connectivity index (χ0n) is 37.2. The second-order valence-electron chi connectivity index (χ2n) is 15.5. The summed E-state index contributed by atoms with van der Waals surface area (Å²) in [4.78, 5) is 36.8. The molecule has 0 rings (SSSR count). The van der Waals surface area contributed by atoms with E-state index in [9.17, 15) is 19.5 Å². The van der Waals surface area contributed by atoms with Gasteiger partial charge in [0.25, 0.3) is 0 Å². The molecule has 58 heavy (non-hydrogen) atoms. The van der Waals surface area contributed by atoms with Crippen molar-refractivity contribution in [2.24, 2.45) is 0 Å². The number of ether oxygens (including phenoxy) is 3. The average Bonchev–Trinajstić information content (AvgIpc) is 3.18. The van der Waals surface area contributed by atoms with Crippen molar-refractivity contribution in [2.45, 2.75) is 161 Å². The molecule has 0 N–H and O–H groups in total. The van der Waals surface area contributed by atoms with Crippen molar-refractivity contribution in [2.75, 3.05) is 41.0 Å². The Morgan fingerprint density at radius 1 is 0.534 bits per heavy atom. The first-order valence-electron chi connectivity index (χ1n) is 22.3. The maximum atomic E-state index is 12.7. The fraction of sp³-hybridized carbons (Fsp3) is 0.620. The molecule has 2 unspecified atom stereocenters. The van der Waals surface area contributed by atoms with E-state index in [0.29, 0.717) is 12.8 Å². The van der Waals surface area contributed by atoms with Crippen LogP contribution in [-0.4, -0.2) is 75.5 Å². The Morgan fingerprint density at radius 3 is 1.43 bits per heavy atom. The van der Waals surface area contributed by atoms with E-state index < -0.39 is 18.1 Å². The lowest BCUT2D eigenvalue weighted by Gasteiger charge is -2.34. The molecule has 0 spiro atoms. The van der Waals surface area contributed by atoms with Gasteiger partial charge in [0.1, 0.15) is 12.6 Å². The van der Waals surface area contributed by atoms with Crippen molar-refractivity contribution in [1.29, 1.82) is 0 Å². The largest absolute Gasteiger partial charge is 0.544 e. The van der Waals surface area contributed by atoms with E-state index in [1.165, 1.54) is 38.5 Å². The van der Waals surface area contributed by atoms with Crippen molar-refractivity contribution in [3.8, 4) is 0 Å². The summed E-state index contributed by atoms with van der Waals surface area (Å²) in [5.41, 5.74) is 0. The van der Waals surface area contributed by atoms with Gasteiger partial charge in [-0.1, -0.05) is 143 Å². The van der Waals surface area contributed by atoms with E-state index in [1.54, 1.807) is 21.1 Å². The molecule has 0 aliphatic heterocycles. The van der Waals surface area contributed by atoms with Gasteiger partial charge in [-0.15, -0.1) is 0 Å². The Hall–Kier alpha value is -3.75. The number of unbranched alkanes of at least 4 members (excludes halogenated alkanes) is 8. The van der Waals surface area contributed by atoms with E-state index in [1.807, 2.05) is 0 Å². The summed E-state index contributed by atoms with van der Waals surface area (Å²) < 4.78 is 17.0. The predicted octanol–water partition coefficient (Wildman–Crippen LogP) is 11.0. The fourth-order valence-corrected chi connectivity index (χ4v) is 5.77. The number of aliphatic carboxylic acids is 1. The summed E-state index contributed by atoms with van der Waals surface area (Å²) in [7, 11) is 5.36. The molecule has 0 aromatic heterocycles. The second kappa shape index (κ2) is 40.0. The lowest BCUT2D eigenvalue weighted by atomic mass is 10.1. The first-order chi connectivity index (χ1) is 28.1. The molecule has 0 saturated carbocycles. The van der Waals surface area contributed by atoms with Gasteiger partial charge in [-0.3, -0.25) is 9.59 Å². The minimum atomic E-state index is -1.14. The molecule has 0 radical (unpaired) electrons. The minimum Gasteiger partial charge on any atom is -0.544 e. The molecule has 0 fully saturated rings. The molecule has 0 aliphatic carbocycles. The highest BCUT2D eigenvalue weighted by Gasteiger charge is 2.25. The zero-order valence-corrected chi connectivity index (χ0v) is 37.2. The Bertz CT molecular complexity index is 1260. The van der Waals surface area contributed by atoms with Crippen LogP contribution in [0.15, 0.2) is 97.2 Å². The van der Waals surface area contributed by atoms with Gasteiger partial charge in [0.05, 0.1) is 40.3 Å². The highest BCUT2D eigenvalue weighted by molar-refractivity contribution is 5.70. The van der Waals surface area contributed by atoms with Crippen molar-refractivity contribution < 1.29 is 38.2 Å². The number of carbonyl (C=O) groups is 3. The number of nitrogens with zero attached hydrogens (tertiary/aromatic N) is 1. The van der Waals surface area contributed by atoms with Crippen molar-refractivity contribution in [3.05, 3.63) is 97.2 Å². The Kier molecular flexibility index (Phi) is 37.5. The molecule has 0 amide bonds. The smallest absolute Gasteiger partial charge is 0.306 e. The van der Waals surface area contributed by atoms with Crippen LogP contribution in [0.5, 0.6) is 0 Å². The standard InChI is InChI=1S/C50H81NO7/c1-6-8-10-12-14-16-18-20-22-24-26-28-30-32-34-36-38-40-48(52)57-45-46(44-56-43-42-47(50(54)55)51(3,4)5)58-49(53)41-39-37-35-33-31-29-27-25-23-21-19-17-15-13-11-9-7-2/h8,10,14,16,20-23,26-29,32-35,46-47H,6-7,9,11-13,15,17-19,24-25,30-31,36-45H2,1-5H3/b10-8+,16-14+,22-20+,23-21+,28-26+,29-27+,34-32+,35-33+. The number of likely N-dealkylation sites (N-methyl/N-ethyl adjacent to an activating group) is 1. The third kappa shape index (κ3) is 37.8. The van der Waals surface area contributed by atoms with Crippen molar-refractivity contribution in [3.63, 3.8) is 0 Å². The van der Waals surface area contributed by atoms with Crippen LogP contribution in [0.4, 0.5) is 0 Å². The molecular weight excluding hydrogens is 727 g/mol. The summed E-state index contributed by atoms with van der Waals surface area (Å²) in [5, 5.41) is 11.6. The topological polar surface area (TPSA) is 102 Å². The van der Waals surface area contributed by atoms with Crippen molar-refractivity contribution >= 4 is 17.9 Å². The molecule has 0 heterocycles. The Balaban J connectivity index is 4.55. The number of rotatable bonds is 38. The van der Waals surface area contributed by atoms with Crippen LogP contribution in [0.1, 0.15) is 149 Å². The maximum absolute atomic E-state index is 12.7. The Morgan fingerprint density at radius 2 is 0.966 bits per heavy atom. The van der Waals surface area contributed by atoms with Gasteiger partial charge >= 0.3 is 11.9 Å². The molecule has 8 nitrogen and oxygen atoms in total. The van der Waals surface area contributed by atoms with Gasteiger partial charge in [0.2, 0.25) is 0 Å². The van der Waals surface area contributed by atoms with E-state index in [-0.39, 0.29) is 55.5 Å². The molecular formula is C50H81NO7. The van der Waals surface area contributed by atoms with E-state index in [0.717, 1.165) is 64.2 Å². The lowest BCUT2D eigenvalue weighted by Crippen LogP contribution is -2.55. The second-order valence-corrected chi connectivity index (χ2v) is 15.5. The van der Waals surface area contributed by atoms with Crippen LogP contribution in [0.2, 0.25) is 0 Å². The number of carboxylic acids is 1. The van der Waals surface area contributed by atoms with Crippen LogP contribution < -0.4 is 5.11 Å². The fourth-order valence-electron chi connectivity index (χ4n) is 5.77. The zero-order chi connectivity index (χ0) is 42.8. The molecule has 8 heteroatoms. The summed E-state index contributed by atoms with van der Waals surface area (Å²) in [6.07, 6.45) is 53.1. The summed E-state index contributed by atoms with van der Waals surface area (Å²) >= 11 is 0. The van der Waals surface area contributed by atoms with E-state index in [2.05, 4.69) is 111 Å². The van der Waals surface area contributed by atoms with Gasteiger partial charge in [0, 0.05) is 19.3 Å². The number of allylic oxidation sites excluding steroid dienone is 16. The quantitative estimate of drug-likeness (QED) is 0.0265. The molecule has 328 valence electrons. The number of carboxylic acid groups (broad SMARTS) is 1. The highest BCUT2D eigenvalue weighted by atomic mass is 16.6. The third-order valence-corrected chi connectivity index (χ3v) is 9.20. The number of hydrogen-bond acceptors (Lipinski definition) is 7. The van der Waals surface area contributed by atoms with Crippen LogP contribution in [0, 0.1) is 0 Å². The van der Waals surface area contributed by atoms with E-state index in [4.69, 9.17) is 14.2 Å². The normalized spacial score (nSPS) is 13.9. The summed E-state index contributed by atoms with van der Waals surface area (Å²) in [6, 6.07) is -0.748. The third-order valence-electron chi connectivity index (χ3n) is 9.20. The summed E-state index contributed by atoms with van der Waals surface area (Å²) in [6.45, 7) is 4.40. The molecule has 0 saturated heterocycles. The minimum absolute atomic E-state index is 0.00353. The van der Waals surface area contributed by atoms with Crippen LogP contribution >= 0.6 is 0 Å². The highest BCUT2D eigenvalue weighted by Crippen LogP contribution is 2.11. The number of quaternary nitrogens is 1. The molecule has 0 bridgehead atoms. The van der Waals surface area contributed by atoms with E-state index >= 15 is 0 Å². The molecule has 0 aromatic carbocycles. The van der Waals surface area contributed by atoms with Gasteiger partial charge in [-0.2, -0.15) is 0 Å². The van der Waals surface area contributed by atoms with Crippen LogP contribution in [0.25, 0.3) is 0 Å². The van der Waals surface area contributed by atoms with Gasteiger partial charge < -0.3 is 28.6 Å². The average molecular weight is 808 g/mol. The van der Waals surface area contributed by atoms with Gasteiger partial charge in [-0.25, -0.2) is 0 Å². The van der Waals surface area contributed by atoms with Crippen LogP contribution in [-0.2, 0) is 28.6 Å². The first kappa shape index (κ1) is 54.2. The lowest BCUT2D eigenvalue weighted by molar-refractivity contribution is -0.889. The number of esters is 2. The first-order valence-corrected chi connectivity index (χ1v) is 22.3. The van der Waals surface area contributed by atoms with Gasteiger partial charge in [0.15, 0.2) is 6.10 Å². The SMILES string of the molecule is CC/C=C/C/C=C/C/C=C/C/C=C/C/C=C/CCCC(=O)OCC(COCCC(C(=O)[O-])[N+](C)(C)C)OC(=O)CCC/C=C/C/C=C/C/C=C/CCCCCCCC. The van der Waals surface area contributed by atoms with Crippen LogP contribution in [0.3, 0.4) is 0 Å². The Labute approximate surface area is 354 Å².